The molecule has 0 radical (unpaired) electrons. The van der Waals surface area contributed by atoms with Gasteiger partial charge in [-0.25, -0.2) is 0 Å². The minimum absolute atomic E-state index is 0.212. The van der Waals surface area contributed by atoms with Crippen LogP contribution in [0.2, 0.25) is 5.02 Å². The van der Waals surface area contributed by atoms with Gasteiger partial charge in [-0.1, -0.05) is 16.8 Å². The normalized spacial score (nSPS) is 11.1. The number of fused-ring (bicyclic) bond motifs is 1. The van der Waals surface area contributed by atoms with Gasteiger partial charge in [0, 0.05) is 10.9 Å². The molecular weight excluding hydrogens is 268 g/mol. The topological polar surface area (TPSA) is 74.4 Å². The largest absolute Gasteiger partial charge is 0.493 e. The van der Waals surface area contributed by atoms with E-state index in [9.17, 15) is 0 Å². The van der Waals surface area contributed by atoms with Crippen LogP contribution in [0.1, 0.15) is 5.76 Å². The lowest BCUT2D eigenvalue weighted by molar-refractivity contribution is 0.409. The molecule has 0 spiro atoms. The van der Waals surface area contributed by atoms with E-state index in [4.69, 9.17) is 31.0 Å². The van der Waals surface area contributed by atoms with Gasteiger partial charge in [0.25, 0.3) is 0 Å². The van der Waals surface area contributed by atoms with Crippen LogP contribution in [0.3, 0.4) is 0 Å². The third-order valence-electron chi connectivity index (χ3n) is 2.94. The van der Waals surface area contributed by atoms with E-state index in [2.05, 4.69) is 5.16 Å². The number of nitrogen functional groups attached to an aromatic ring is 1. The number of aryl methyl sites for hydroxylation is 1. The average Bonchev–Trinajstić information content (AvgIpc) is 2.96. The van der Waals surface area contributed by atoms with E-state index in [1.165, 1.54) is 6.20 Å². The van der Waals surface area contributed by atoms with Crippen LogP contribution < -0.4 is 10.5 Å². The van der Waals surface area contributed by atoms with Gasteiger partial charge in [0.15, 0.2) is 11.3 Å². The van der Waals surface area contributed by atoms with Crippen molar-refractivity contribution in [2.45, 2.75) is 6.92 Å². The monoisotopic (exact) mass is 278 g/mol. The number of nitrogens with two attached hydrogens (primary N) is 1. The van der Waals surface area contributed by atoms with E-state index in [1.807, 2.05) is 13.0 Å². The third-order valence-corrected chi connectivity index (χ3v) is 3.34. The van der Waals surface area contributed by atoms with Crippen LogP contribution in [-0.2, 0) is 0 Å². The second-order valence-corrected chi connectivity index (χ2v) is 4.52. The number of nitrogens with zero attached hydrogens (tertiary/aromatic N) is 1. The summed E-state index contributed by atoms with van der Waals surface area (Å²) in [5.74, 6) is 1.55. The molecule has 6 heteroatoms. The van der Waals surface area contributed by atoms with Gasteiger partial charge in [0.05, 0.1) is 23.9 Å². The molecule has 98 valence electrons. The molecule has 2 heterocycles. The van der Waals surface area contributed by atoms with Gasteiger partial charge >= 0.3 is 0 Å². The van der Waals surface area contributed by atoms with E-state index in [0.29, 0.717) is 27.5 Å². The Kier molecular flexibility index (Phi) is 2.64. The van der Waals surface area contributed by atoms with Gasteiger partial charge in [0.1, 0.15) is 5.76 Å². The zero-order chi connectivity index (χ0) is 13.6. The lowest BCUT2D eigenvalue weighted by Gasteiger charge is -2.07. The summed E-state index contributed by atoms with van der Waals surface area (Å²) in [5, 5.41) is 4.96. The van der Waals surface area contributed by atoms with E-state index in [0.717, 1.165) is 11.1 Å². The van der Waals surface area contributed by atoms with Crippen molar-refractivity contribution in [2.75, 3.05) is 12.8 Å². The molecule has 0 bridgehead atoms. The Morgan fingerprint density at radius 2 is 2.11 bits per heavy atom. The van der Waals surface area contributed by atoms with Crippen LogP contribution in [0, 0.1) is 6.92 Å². The number of furan rings is 1. The Balaban J connectivity index is 2.37. The molecule has 0 saturated heterocycles. The van der Waals surface area contributed by atoms with Crippen molar-refractivity contribution >= 4 is 28.5 Å². The predicted molar refractivity (Wildman–Crippen MR) is 72.4 cm³/mol. The number of hydrogen-bond donors (Lipinski definition) is 1. The van der Waals surface area contributed by atoms with Gasteiger partial charge in [-0.3, -0.25) is 0 Å². The van der Waals surface area contributed by atoms with Crippen molar-refractivity contribution in [3.8, 4) is 16.9 Å². The quantitative estimate of drug-likeness (QED) is 0.774. The summed E-state index contributed by atoms with van der Waals surface area (Å²) in [7, 11) is 1.57. The highest BCUT2D eigenvalue weighted by Crippen LogP contribution is 2.42. The zero-order valence-corrected chi connectivity index (χ0v) is 11.1. The minimum Gasteiger partial charge on any atom is -0.493 e. The molecule has 0 aliphatic carbocycles. The van der Waals surface area contributed by atoms with Crippen LogP contribution >= 0.6 is 11.6 Å². The standard InChI is InChI=1S/C13H11ClN2O3/c1-6-3-8-11(14)7(9-5-16-19-13(9)15)4-10(17-2)12(8)18-6/h3-5H,15H2,1-2H3. The second kappa shape index (κ2) is 4.20. The van der Waals surface area contributed by atoms with Crippen LogP contribution in [0.4, 0.5) is 5.88 Å². The first-order valence-corrected chi connectivity index (χ1v) is 5.96. The zero-order valence-electron chi connectivity index (χ0n) is 10.4. The highest BCUT2D eigenvalue weighted by Gasteiger charge is 2.19. The SMILES string of the molecule is COc1cc(-c2cnoc2N)c(Cl)c2cc(C)oc12. The van der Waals surface area contributed by atoms with Crippen LogP contribution in [-0.4, -0.2) is 12.3 Å². The molecule has 19 heavy (non-hydrogen) atoms. The maximum Gasteiger partial charge on any atom is 0.230 e. The van der Waals surface area contributed by atoms with Gasteiger partial charge in [-0.2, -0.15) is 0 Å². The van der Waals surface area contributed by atoms with Crippen LogP contribution in [0.15, 0.2) is 27.3 Å². The summed E-state index contributed by atoms with van der Waals surface area (Å²) in [6, 6.07) is 3.61. The van der Waals surface area contributed by atoms with Gasteiger partial charge in [-0.15, -0.1) is 0 Å². The lowest BCUT2D eigenvalue weighted by Crippen LogP contribution is -1.89. The third kappa shape index (κ3) is 1.74. The van der Waals surface area contributed by atoms with Crippen molar-refractivity contribution in [1.29, 1.82) is 0 Å². The first-order chi connectivity index (χ1) is 9.11. The van der Waals surface area contributed by atoms with Crippen molar-refractivity contribution in [1.82, 2.24) is 5.16 Å². The van der Waals surface area contributed by atoms with E-state index >= 15 is 0 Å². The van der Waals surface area contributed by atoms with Crippen molar-refractivity contribution in [2.24, 2.45) is 0 Å². The lowest BCUT2D eigenvalue weighted by atomic mass is 10.1. The molecule has 0 aliphatic heterocycles. The summed E-state index contributed by atoms with van der Waals surface area (Å²) in [6.07, 6.45) is 1.52. The highest BCUT2D eigenvalue weighted by molar-refractivity contribution is 6.38. The number of benzene rings is 1. The summed E-state index contributed by atoms with van der Waals surface area (Å²) in [5.41, 5.74) is 7.67. The molecule has 0 fully saturated rings. The molecule has 3 rings (SSSR count). The highest BCUT2D eigenvalue weighted by atomic mass is 35.5. The molecule has 5 nitrogen and oxygen atoms in total. The molecule has 0 aliphatic rings. The van der Waals surface area contributed by atoms with Gasteiger partial charge < -0.3 is 19.4 Å². The molecule has 1 aromatic carbocycles. The van der Waals surface area contributed by atoms with Crippen LogP contribution in [0.25, 0.3) is 22.1 Å². The first-order valence-electron chi connectivity index (χ1n) is 5.59. The molecule has 0 unspecified atom stereocenters. The number of ether oxygens (including phenoxy) is 1. The Labute approximate surface area is 113 Å². The number of hydrogen-bond acceptors (Lipinski definition) is 5. The molecular formula is C13H11ClN2O3. The molecule has 2 aromatic heterocycles. The summed E-state index contributed by atoms with van der Waals surface area (Å²) in [4.78, 5) is 0. The minimum atomic E-state index is 0.212. The van der Waals surface area contributed by atoms with Crippen molar-refractivity contribution in [3.05, 3.63) is 29.1 Å². The molecule has 0 amide bonds. The molecule has 0 saturated carbocycles. The Morgan fingerprint density at radius 3 is 2.74 bits per heavy atom. The smallest absolute Gasteiger partial charge is 0.230 e. The van der Waals surface area contributed by atoms with E-state index in [1.54, 1.807) is 13.2 Å². The molecule has 0 atom stereocenters. The van der Waals surface area contributed by atoms with Gasteiger partial charge in [-0.05, 0) is 19.1 Å². The van der Waals surface area contributed by atoms with Crippen LogP contribution in [0.5, 0.6) is 5.75 Å². The molecule has 3 aromatic rings. The van der Waals surface area contributed by atoms with Crippen molar-refractivity contribution < 1.29 is 13.7 Å². The summed E-state index contributed by atoms with van der Waals surface area (Å²) >= 11 is 6.41. The number of halogens is 1. The number of aromatic nitrogens is 1. The Morgan fingerprint density at radius 1 is 1.32 bits per heavy atom. The second-order valence-electron chi connectivity index (χ2n) is 4.14. The Hall–Kier alpha value is -2.14. The maximum atomic E-state index is 6.41. The number of methoxy groups -OCH3 is 1. The fraction of sp³-hybridized carbons (Fsp3) is 0.154. The fourth-order valence-electron chi connectivity index (χ4n) is 2.06. The number of anilines is 1. The Bertz CT molecular complexity index is 761. The number of rotatable bonds is 2. The van der Waals surface area contributed by atoms with E-state index < -0.39 is 0 Å². The van der Waals surface area contributed by atoms with Gasteiger partial charge in [0.2, 0.25) is 5.88 Å². The first kappa shape index (κ1) is 11.9. The fourth-order valence-corrected chi connectivity index (χ4v) is 2.36. The summed E-state index contributed by atoms with van der Waals surface area (Å²) < 4.78 is 15.8. The summed E-state index contributed by atoms with van der Waals surface area (Å²) in [6.45, 7) is 1.85. The average molecular weight is 279 g/mol. The predicted octanol–water partition coefficient (Wildman–Crippen LogP) is 3.64. The van der Waals surface area contributed by atoms with E-state index in [-0.39, 0.29) is 5.88 Å². The van der Waals surface area contributed by atoms with Crippen molar-refractivity contribution in [3.63, 3.8) is 0 Å². The maximum absolute atomic E-state index is 6.41. The molecule has 2 N–H and O–H groups in total.